The number of rotatable bonds is 5. The lowest BCUT2D eigenvalue weighted by atomic mass is 10.1. The Morgan fingerprint density at radius 3 is 2.95 bits per heavy atom. The summed E-state index contributed by atoms with van der Waals surface area (Å²) >= 11 is 6.05. The van der Waals surface area contributed by atoms with Gasteiger partial charge in [-0.05, 0) is 35.7 Å². The summed E-state index contributed by atoms with van der Waals surface area (Å²) in [5.41, 5.74) is 3.55. The van der Waals surface area contributed by atoms with Crippen LogP contribution < -0.4 is 5.32 Å². The molecule has 1 aromatic heterocycles. The van der Waals surface area contributed by atoms with Crippen molar-refractivity contribution in [3.8, 4) is 0 Å². The van der Waals surface area contributed by atoms with Crippen LogP contribution in [-0.2, 0) is 17.6 Å². The van der Waals surface area contributed by atoms with Gasteiger partial charge in [-0.1, -0.05) is 35.9 Å². The Bertz CT molecular complexity index is 798. The third kappa shape index (κ3) is 3.46. The highest BCUT2D eigenvalue weighted by molar-refractivity contribution is 6.31. The quantitative estimate of drug-likeness (QED) is 0.785. The molecule has 0 atom stereocenters. The van der Waals surface area contributed by atoms with Crippen LogP contribution in [0.25, 0.3) is 11.1 Å². The number of nitrogens with zero attached hydrogens (tertiary/aromatic N) is 1. The molecule has 0 saturated heterocycles. The van der Waals surface area contributed by atoms with Crippen molar-refractivity contribution in [1.29, 1.82) is 0 Å². The molecule has 1 heterocycles. The first kappa shape index (κ1) is 14.6. The van der Waals surface area contributed by atoms with Gasteiger partial charge in [-0.25, -0.2) is 4.98 Å². The van der Waals surface area contributed by atoms with Crippen molar-refractivity contribution < 1.29 is 9.21 Å². The van der Waals surface area contributed by atoms with E-state index in [1.165, 1.54) is 6.39 Å². The largest absolute Gasteiger partial charge is 0.443 e. The lowest BCUT2D eigenvalue weighted by molar-refractivity contribution is -0.120. The minimum absolute atomic E-state index is 0.0318. The maximum absolute atomic E-state index is 11.9. The first-order valence-corrected chi connectivity index (χ1v) is 7.42. The maximum Gasteiger partial charge on any atom is 0.224 e. The van der Waals surface area contributed by atoms with E-state index < -0.39 is 0 Å². The number of aromatic nitrogens is 1. The minimum Gasteiger partial charge on any atom is -0.443 e. The fraction of sp³-hybridized carbons (Fsp3) is 0.176. The van der Waals surface area contributed by atoms with Crippen LogP contribution in [0.5, 0.6) is 0 Å². The average molecular weight is 315 g/mol. The van der Waals surface area contributed by atoms with Crippen molar-refractivity contribution in [2.45, 2.75) is 12.8 Å². The fourth-order valence-electron chi connectivity index (χ4n) is 2.28. The molecule has 1 N–H and O–H groups in total. The highest BCUT2D eigenvalue weighted by Gasteiger charge is 2.06. The standard InChI is InChI=1S/C17H15ClN2O2/c18-14-4-2-1-3-13(14)10-17(21)19-8-7-12-5-6-16-15(9-12)20-11-22-16/h1-6,9,11H,7-8,10H2,(H,19,21). The van der Waals surface area contributed by atoms with Gasteiger partial charge in [0.05, 0.1) is 6.42 Å². The number of halogens is 1. The molecule has 112 valence electrons. The second kappa shape index (κ2) is 6.62. The van der Waals surface area contributed by atoms with Crippen LogP contribution in [-0.4, -0.2) is 17.4 Å². The molecule has 0 spiro atoms. The summed E-state index contributed by atoms with van der Waals surface area (Å²) in [6.45, 7) is 0.576. The molecule has 0 aliphatic heterocycles. The van der Waals surface area contributed by atoms with Crippen molar-refractivity contribution in [2.75, 3.05) is 6.54 Å². The SMILES string of the molecule is O=C(Cc1ccccc1Cl)NCCc1ccc2ocnc2c1. The molecule has 0 fully saturated rings. The predicted molar refractivity (Wildman–Crippen MR) is 85.9 cm³/mol. The molecule has 3 aromatic rings. The number of benzene rings is 2. The predicted octanol–water partition coefficient (Wildman–Crippen LogP) is 3.38. The van der Waals surface area contributed by atoms with Crippen molar-refractivity contribution in [3.05, 3.63) is 65.0 Å². The molecule has 0 aliphatic rings. The topological polar surface area (TPSA) is 55.1 Å². The van der Waals surface area contributed by atoms with Crippen LogP contribution >= 0.6 is 11.6 Å². The highest BCUT2D eigenvalue weighted by atomic mass is 35.5. The van der Waals surface area contributed by atoms with Gasteiger partial charge in [-0.2, -0.15) is 0 Å². The molecule has 22 heavy (non-hydrogen) atoms. The van der Waals surface area contributed by atoms with Gasteiger partial charge >= 0.3 is 0 Å². The van der Waals surface area contributed by atoms with Crippen molar-refractivity contribution in [2.24, 2.45) is 0 Å². The molecule has 4 nitrogen and oxygen atoms in total. The van der Waals surface area contributed by atoms with E-state index in [1.54, 1.807) is 6.07 Å². The maximum atomic E-state index is 11.9. The molecule has 0 radical (unpaired) electrons. The van der Waals surface area contributed by atoms with Crippen LogP contribution in [0.2, 0.25) is 5.02 Å². The fourth-order valence-corrected chi connectivity index (χ4v) is 2.48. The lowest BCUT2D eigenvalue weighted by Crippen LogP contribution is -2.27. The van der Waals surface area contributed by atoms with E-state index in [2.05, 4.69) is 10.3 Å². The average Bonchev–Trinajstić information content (AvgIpc) is 2.97. The molecule has 0 unspecified atom stereocenters. The second-order valence-corrected chi connectivity index (χ2v) is 5.43. The molecule has 0 aliphatic carbocycles. The zero-order valence-corrected chi connectivity index (χ0v) is 12.6. The number of carbonyl (C=O) groups is 1. The van der Waals surface area contributed by atoms with Gasteiger partial charge in [-0.3, -0.25) is 4.79 Å². The highest BCUT2D eigenvalue weighted by Crippen LogP contribution is 2.16. The Morgan fingerprint density at radius 1 is 1.23 bits per heavy atom. The van der Waals surface area contributed by atoms with Crippen LogP contribution in [0.3, 0.4) is 0 Å². The number of hydrogen-bond donors (Lipinski definition) is 1. The van der Waals surface area contributed by atoms with Crippen LogP contribution in [0.4, 0.5) is 0 Å². The molecule has 1 amide bonds. The third-order valence-corrected chi connectivity index (χ3v) is 3.81. The molecule has 2 aromatic carbocycles. The van der Waals surface area contributed by atoms with Gasteiger partial charge in [0.25, 0.3) is 0 Å². The van der Waals surface area contributed by atoms with E-state index in [-0.39, 0.29) is 5.91 Å². The Kier molecular flexibility index (Phi) is 4.39. The Labute approximate surface area is 133 Å². The summed E-state index contributed by atoms with van der Waals surface area (Å²) in [5, 5.41) is 3.53. The molecular formula is C17H15ClN2O2. The van der Waals surface area contributed by atoms with Gasteiger partial charge in [0.2, 0.25) is 5.91 Å². The number of nitrogens with one attached hydrogen (secondary N) is 1. The Morgan fingerprint density at radius 2 is 2.09 bits per heavy atom. The molecular weight excluding hydrogens is 300 g/mol. The molecule has 0 bridgehead atoms. The van der Waals surface area contributed by atoms with Gasteiger partial charge in [0.15, 0.2) is 12.0 Å². The zero-order valence-electron chi connectivity index (χ0n) is 11.9. The van der Waals surface area contributed by atoms with E-state index in [9.17, 15) is 4.79 Å². The van der Waals surface area contributed by atoms with Gasteiger partial charge in [-0.15, -0.1) is 0 Å². The molecule has 5 heteroatoms. The zero-order chi connectivity index (χ0) is 15.4. The van der Waals surface area contributed by atoms with Gasteiger partial charge in [0, 0.05) is 11.6 Å². The van der Waals surface area contributed by atoms with Gasteiger partial charge < -0.3 is 9.73 Å². The minimum atomic E-state index is -0.0318. The number of amides is 1. The van der Waals surface area contributed by atoms with Crippen molar-refractivity contribution in [3.63, 3.8) is 0 Å². The summed E-state index contributed by atoms with van der Waals surface area (Å²) in [4.78, 5) is 16.0. The first-order valence-electron chi connectivity index (χ1n) is 7.04. The van der Waals surface area contributed by atoms with E-state index in [4.69, 9.17) is 16.0 Å². The van der Waals surface area contributed by atoms with E-state index in [0.29, 0.717) is 18.0 Å². The van der Waals surface area contributed by atoms with Crippen LogP contribution in [0.15, 0.2) is 53.3 Å². The third-order valence-electron chi connectivity index (χ3n) is 3.44. The van der Waals surface area contributed by atoms with Gasteiger partial charge in [0.1, 0.15) is 5.52 Å². The van der Waals surface area contributed by atoms with E-state index in [1.807, 2.05) is 36.4 Å². The summed E-state index contributed by atoms with van der Waals surface area (Å²) in [6.07, 6.45) is 2.47. The van der Waals surface area contributed by atoms with Crippen molar-refractivity contribution >= 4 is 28.6 Å². The lowest BCUT2D eigenvalue weighted by Gasteiger charge is -2.06. The second-order valence-electron chi connectivity index (χ2n) is 5.02. The van der Waals surface area contributed by atoms with E-state index >= 15 is 0 Å². The smallest absolute Gasteiger partial charge is 0.224 e. The monoisotopic (exact) mass is 314 g/mol. The summed E-state index contributed by atoms with van der Waals surface area (Å²) in [6, 6.07) is 13.2. The Hall–Kier alpha value is -2.33. The number of carbonyl (C=O) groups excluding carboxylic acids is 1. The summed E-state index contributed by atoms with van der Waals surface area (Å²) in [5.74, 6) is -0.0318. The number of hydrogen-bond acceptors (Lipinski definition) is 3. The number of fused-ring (bicyclic) bond motifs is 1. The molecule has 3 rings (SSSR count). The van der Waals surface area contributed by atoms with Crippen LogP contribution in [0.1, 0.15) is 11.1 Å². The van der Waals surface area contributed by atoms with Crippen molar-refractivity contribution in [1.82, 2.24) is 10.3 Å². The summed E-state index contributed by atoms with van der Waals surface area (Å²) in [7, 11) is 0. The Balaban J connectivity index is 1.52. The van der Waals surface area contributed by atoms with Crippen LogP contribution in [0, 0.1) is 0 Å². The first-order chi connectivity index (χ1) is 10.7. The van der Waals surface area contributed by atoms with E-state index in [0.717, 1.165) is 28.6 Å². The normalized spacial score (nSPS) is 10.8. The summed E-state index contributed by atoms with van der Waals surface area (Å²) < 4.78 is 5.20. The number of oxazole rings is 1. The molecule has 0 saturated carbocycles.